The lowest BCUT2D eigenvalue weighted by Crippen LogP contribution is -2.30. The van der Waals surface area contributed by atoms with Crippen LogP contribution in [0.15, 0.2) is 42.5 Å². The molecular weight excluding hydrogens is 262 g/mol. The molecule has 3 nitrogen and oxygen atoms in total. The Labute approximate surface area is 115 Å². The van der Waals surface area contributed by atoms with Crippen LogP contribution in [0.4, 0.5) is 20.2 Å². The fourth-order valence-electron chi connectivity index (χ4n) is 1.92. The van der Waals surface area contributed by atoms with Gasteiger partial charge in [-0.05, 0) is 43.3 Å². The molecule has 0 bridgehead atoms. The van der Waals surface area contributed by atoms with Gasteiger partial charge in [-0.15, -0.1) is 0 Å². The number of carbonyl (C=O) groups is 1. The lowest BCUT2D eigenvalue weighted by atomic mass is 10.1. The summed E-state index contributed by atoms with van der Waals surface area (Å²) in [5.41, 5.74) is 6.92. The molecule has 104 valence electrons. The lowest BCUT2D eigenvalue weighted by Gasteiger charge is -2.21. The van der Waals surface area contributed by atoms with Crippen LogP contribution in [0.25, 0.3) is 0 Å². The molecule has 0 spiro atoms. The number of carbonyl (C=O) groups excluding carboxylic acids is 1. The molecule has 2 aromatic rings. The molecule has 0 saturated heterocycles. The van der Waals surface area contributed by atoms with Gasteiger partial charge in [0, 0.05) is 23.5 Å². The van der Waals surface area contributed by atoms with E-state index < -0.39 is 17.5 Å². The quantitative estimate of drug-likeness (QED) is 0.875. The molecule has 0 fully saturated rings. The average Bonchev–Trinajstić information content (AvgIpc) is 2.42. The van der Waals surface area contributed by atoms with Crippen LogP contribution in [0.1, 0.15) is 17.3 Å². The van der Waals surface area contributed by atoms with Crippen molar-refractivity contribution in [2.75, 3.05) is 17.2 Å². The molecule has 2 aromatic carbocycles. The molecule has 0 aromatic heterocycles. The highest BCUT2D eigenvalue weighted by Crippen LogP contribution is 2.20. The van der Waals surface area contributed by atoms with E-state index in [9.17, 15) is 13.6 Å². The molecule has 0 aliphatic heterocycles. The zero-order chi connectivity index (χ0) is 14.7. The first-order valence-electron chi connectivity index (χ1n) is 6.15. The van der Waals surface area contributed by atoms with Crippen molar-refractivity contribution < 1.29 is 13.6 Å². The molecule has 1 amide bonds. The number of nitrogens with zero attached hydrogens (tertiary/aromatic N) is 1. The standard InChI is InChI=1S/C15H14F2N2O/c1-2-19(12-5-3-4-11(18)9-12)15(20)10-6-7-13(16)14(17)8-10/h3-9H,2,18H2,1H3. The van der Waals surface area contributed by atoms with Crippen LogP contribution in [0.3, 0.4) is 0 Å². The third-order valence-corrected chi connectivity index (χ3v) is 2.91. The minimum Gasteiger partial charge on any atom is -0.399 e. The predicted molar refractivity (Wildman–Crippen MR) is 74.6 cm³/mol. The van der Waals surface area contributed by atoms with Gasteiger partial charge in [0.05, 0.1) is 0 Å². The number of amides is 1. The first-order chi connectivity index (χ1) is 9.52. The van der Waals surface area contributed by atoms with Gasteiger partial charge >= 0.3 is 0 Å². The minimum atomic E-state index is -1.04. The maximum absolute atomic E-state index is 13.2. The SMILES string of the molecule is CCN(C(=O)c1ccc(F)c(F)c1)c1cccc(N)c1. The first kappa shape index (κ1) is 14.0. The fourth-order valence-corrected chi connectivity index (χ4v) is 1.92. The van der Waals surface area contributed by atoms with Crippen molar-refractivity contribution in [3.63, 3.8) is 0 Å². The van der Waals surface area contributed by atoms with Crippen LogP contribution >= 0.6 is 0 Å². The second-order valence-corrected chi connectivity index (χ2v) is 4.27. The van der Waals surface area contributed by atoms with Crippen LogP contribution in [-0.2, 0) is 0 Å². The van der Waals surface area contributed by atoms with Gasteiger partial charge in [0.2, 0.25) is 0 Å². The highest BCUT2D eigenvalue weighted by atomic mass is 19.2. The van der Waals surface area contributed by atoms with E-state index in [4.69, 9.17) is 5.73 Å². The van der Waals surface area contributed by atoms with E-state index in [0.29, 0.717) is 17.9 Å². The minimum absolute atomic E-state index is 0.0909. The van der Waals surface area contributed by atoms with Gasteiger partial charge in [0.1, 0.15) is 0 Å². The highest BCUT2D eigenvalue weighted by Gasteiger charge is 2.17. The Morgan fingerprint density at radius 3 is 2.50 bits per heavy atom. The maximum Gasteiger partial charge on any atom is 0.258 e. The van der Waals surface area contributed by atoms with Crippen LogP contribution in [0, 0.1) is 11.6 Å². The summed E-state index contributed by atoms with van der Waals surface area (Å²) >= 11 is 0. The monoisotopic (exact) mass is 276 g/mol. The van der Waals surface area contributed by atoms with Gasteiger partial charge in [0.25, 0.3) is 5.91 Å². The van der Waals surface area contributed by atoms with E-state index in [-0.39, 0.29) is 5.56 Å². The smallest absolute Gasteiger partial charge is 0.258 e. The Bertz CT molecular complexity index is 644. The number of benzene rings is 2. The molecular formula is C15H14F2N2O. The molecule has 0 aliphatic rings. The molecule has 0 saturated carbocycles. The van der Waals surface area contributed by atoms with Crippen molar-refractivity contribution in [3.8, 4) is 0 Å². The van der Waals surface area contributed by atoms with Gasteiger partial charge < -0.3 is 10.6 Å². The van der Waals surface area contributed by atoms with Gasteiger partial charge in [-0.3, -0.25) is 4.79 Å². The lowest BCUT2D eigenvalue weighted by molar-refractivity contribution is 0.0988. The molecule has 0 atom stereocenters. The average molecular weight is 276 g/mol. The Morgan fingerprint density at radius 1 is 1.15 bits per heavy atom. The van der Waals surface area contributed by atoms with Gasteiger partial charge in [0.15, 0.2) is 11.6 Å². The Hall–Kier alpha value is -2.43. The fraction of sp³-hybridized carbons (Fsp3) is 0.133. The summed E-state index contributed by atoms with van der Waals surface area (Å²) in [6.45, 7) is 2.18. The topological polar surface area (TPSA) is 46.3 Å². The van der Waals surface area contributed by atoms with Crippen LogP contribution in [0.2, 0.25) is 0 Å². The van der Waals surface area contributed by atoms with Crippen LogP contribution < -0.4 is 10.6 Å². The summed E-state index contributed by atoms with van der Waals surface area (Å²) in [7, 11) is 0. The Kier molecular flexibility index (Phi) is 3.98. The van der Waals surface area contributed by atoms with Crippen LogP contribution in [0.5, 0.6) is 0 Å². The van der Waals surface area contributed by atoms with E-state index in [0.717, 1.165) is 12.1 Å². The zero-order valence-corrected chi connectivity index (χ0v) is 10.9. The maximum atomic E-state index is 13.2. The van der Waals surface area contributed by atoms with E-state index >= 15 is 0 Å². The van der Waals surface area contributed by atoms with Gasteiger partial charge in [-0.25, -0.2) is 8.78 Å². The molecule has 0 radical (unpaired) electrons. The number of rotatable bonds is 3. The largest absolute Gasteiger partial charge is 0.399 e. The van der Waals surface area contributed by atoms with Crippen molar-refractivity contribution in [1.82, 2.24) is 0 Å². The Balaban J connectivity index is 2.36. The number of nitrogens with two attached hydrogens (primary N) is 1. The van der Waals surface area contributed by atoms with E-state index in [2.05, 4.69) is 0 Å². The van der Waals surface area contributed by atoms with Gasteiger partial charge in [-0.1, -0.05) is 6.07 Å². The van der Waals surface area contributed by atoms with E-state index in [1.54, 1.807) is 31.2 Å². The van der Waals surface area contributed by atoms with Crippen molar-refractivity contribution in [2.24, 2.45) is 0 Å². The van der Waals surface area contributed by atoms with Gasteiger partial charge in [-0.2, -0.15) is 0 Å². The third-order valence-electron chi connectivity index (χ3n) is 2.91. The second-order valence-electron chi connectivity index (χ2n) is 4.27. The number of nitrogen functional groups attached to an aromatic ring is 1. The predicted octanol–water partition coefficient (Wildman–Crippen LogP) is 3.21. The number of halogens is 2. The molecule has 0 heterocycles. The molecule has 0 unspecified atom stereocenters. The molecule has 5 heteroatoms. The third kappa shape index (κ3) is 2.77. The summed E-state index contributed by atoms with van der Waals surface area (Å²) in [6, 6.07) is 9.92. The first-order valence-corrected chi connectivity index (χ1v) is 6.15. The number of hydrogen-bond acceptors (Lipinski definition) is 2. The summed E-state index contributed by atoms with van der Waals surface area (Å²) in [5, 5.41) is 0. The molecule has 0 aliphatic carbocycles. The summed E-state index contributed by atoms with van der Waals surface area (Å²) in [5.74, 6) is -2.43. The summed E-state index contributed by atoms with van der Waals surface area (Å²) in [4.78, 5) is 13.8. The van der Waals surface area contributed by atoms with E-state index in [1.807, 2.05) is 0 Å². The van der Waals surface area contributed by atoms with E-state index in [1.165, 1.54) is 11.0 Å². The van der Waals surface area contributed by atoms with Crippen molar-refractivity contribution in [3.05, 3.63) is 59.7 Å². The zero-order valence-electron chi connectivity index (χ0n) is 10.9. The van der Waals surface area contributed by atoms with Crippen molar-refractivity contribution >= 4 is 17.3 Å². The highest BCUT2D eigenvalue weighted by molar-refractivity contribution is 6.06. The molecule has 2 N–H and O–H groups in total. The number of hydrogen-bond donors (Lipinski definition) is 1. The Morgan fingerprint density at radius 2 is 1.90 bits per heavy atom. The normalized spacial score (nSPS) is 10.3. The second kappa shape index (κ2) is 5.69. The van der Waals surface area contributed by atoms with Crippen molar-refractivity contribution in [2.45, 2.75) is 6.92 Å². The molecule has 2 rings (SSSR count). The summed E-state index contributed by atoms with van der Waals surface area (Å²) < 4.78 is 26.1. The number of anilines is 2. The molecule has 20 heavy (non-hydrogen) atoms. The summed E-state index contributed by atoms with van der Waals surface area (Å²) in [6.07, 6.45) is 0. The van der Waals surface area contributed by atoms with Crippen LogP contribution in [-0.4, -0.2) is 12.5 Å². The van der Waals surface area contributed by atoms with Crippen molar-refractivity contribution in [1.29, 1.82) is 0 Å².